The first kappa shape index (κ1) is 19.8. The van der Waals surface area contributed by atoms with Crippen molar-refractivity contribution in [2.24, 2.45) is 17.8 Å². The molecule has 0 amide bonds. The molecule has 0 saturated heterocycles. The van der Waals surface area contributed by atoms with Gasteiger partial charge in [-0.15, -0.1) is 0 Å². The van der Waals surface area contributed by atoms with E-state index in [4.69, 9.17) is 10.8 Å². The highest BCUT2D eigenvalue weighted by molar-refractivity contribution is 5.88. The third-order valence-electron chi connectivity index (χ3n) is 6.52. The number of aromatic nitrogens is 5. The lowest BCUT2D eigenvalue weighted by atomic mass is 9.89. The fraction of sp³-hybridized carbons (Fsp3) is 0.476. The average molecular weight is 428 g/mol. The first-order valence-electron chi connectivity index (χ1n) is 10.5. The summed E-state index contributed by atoms with van der Waals surface area (Å²) in [6, 6.07) is 1.28. The highest BCUT2D eigenvalue weighted by atomic mass is 19.1. The number of hydrogen-bond donors (Lipinski definition) is 3. The minimum atomic E-state index is -0.575. The van der Waals surface area contributed by atoms with Crippen LogP contribution in [0.5, 0.6) is 0 Å². The first-order valence-corrected chi connectivity index (χ1v) is 10.5. The fourth-order valence-corrected chi connectivity index (χ4v) is 4.81. The molecule has 0 aromatic carbocycles. The van der Waals surface area contributed by atoms with E-state index in [2.05, 4.69) is 25.1 Å². The zero-order valence-electron chi connectivity index (χ0n) is 16.7. The van der Waals surface area contributed by atoms with E-state index in [-0.39, 0.29) is 23.5 Å². The van der Waals surface area contributed by atoms with E-state index in [9.17, 15) is 13.6 Å². The second kappa shape index (κ2) is 7.51. The van der Waals surface area contributed by atoms with Gasteiger partial charge in [-0.25, -0.2) is 23.7 Å². The van der Waals surface area contributed by atoms with Crippen molar-refractivity contribution in [1.82, 2.24) is 25.1 Å². The number of aliphatic carboxylic acids is 1. The largest absolute Gasteiger partial charge is 0.481 e. The smallest absolute Gasteiger partial charge is 0.306 e. The van der Waals surface area contributed by atoms with Crippen molar-refractivity contribution in [2.75, 3.05) is 5.73 Å². The normalized spacial score (nSPS) is 24.3. The van der Waals surface area contributed by atoms with E-state index >= 15 is 0 Å². The highest BCUT2D eigenvalue weighted by Gasteiger charge is 2.43. The number of carbonyl (C=O) groups is 1. The number of aromatic amines is 1. The number of nitrogen functional groups attached to an aromatic ring is 1. The molecule has 4 N–H and O–H groups in total. The molecule has 2 bridgehead atoms. The fourth-order valence-electron chi connectivity index (χ4n) is 4.81. The Morgan fingerprint density at radius 2 is 1.97 bits per heavy atom. The van der Waals surface area contributed by atoms with Crippen molar-refractivity contribution in [1.29, 1.82) is 0 Å². The summed E-state index contributed by atoms with van der Waals surface area (Å²) in [7, 11) is 0. The van der Waals surface area contributed by atoms with Gasteiger partial charge < -0.3 is 10.8 Å². The topological polar surface area (TPSA) is 131 Å². The van der Waals surface area contributed by atoms with Crippen LogP contribution in [0.2, 0.25) is 0 Å². The van der Waals surface area contributed by atoms with Gasteiger partial charge in [0.25, 0.3) is 0 Å². The van der Waals surface area contributed by atoms with E-state index in [1.54, 1.807) is 0 Å². The SMILES string of the molecule is Nc1nc(-c2[nH]nc3ncc(F)cc23)nc(C2CC2)c1F.O=C(O)C1CC2CCC1C2. The number of nitrogens with two attached hydrogens (primary N) is 1. The number of pyridine rings is 1. The molecule has 31 heavy (non-hydrogen) atoms. The van der Waals surface area contributed by atoms with Crippen LogP contribution in [0.25, 0.3) is 22.6 Å². The Kier molecular flexibility index (Phi) is 4.79. The summed E-state index contributed by atoms with van der Waals surface area (Å²) < 4.78 is 27.3. The summed E-state index contributed by atoms with van der Waals surface area (Å²) in [4.78, 5) is 22.6. The molecule has 162 valence electrons. The van der Waals surface area contributed by atoms with Crippen LogP contribution < -0.4 is 5.73 Å². The maximum atomic E-state index is 13.9. The van der Waals surface area contributed by atoms with Crippen LogP contribution in [-0.2, 0) is 4.79 Å². The van der Waals surface area contributed by atoms with Gasteiger partial charge in [-0.05, 0) is 50.0 Å². The molecular formula is C21H22F2N6O2. The molecule has 3 atom stereocenters. The number of nitrogens with zero attached hydrogens (tertiary/aromatic N) is 4. The molecule has 10 heteroatoms. The summed E-state index contributed by atoms with van der Waals surface area (Å²) in [6.45, 7) is 0. The number of hydrogen-bond acceptors (Lipinski definition) is 6. The summed E-state index contributed by atoms with van der Waals surface area (Å²) in [5.41, 5.74) is 6.65. The number of carboxylic acid groups (broad SMARTS) is 1. The Bertz CT molecular complexity index is 1160. The average Bonchev–Trinajstić information content (AvgIpc) is 3.17. The first-order chi connectivity index (χ1) is 14.9. The van der Waals surface area contributed by atoms with Gasteiger partial charge in [0.15, 0.2) is 23.1 Å². The van der Waals surface area contributed by atoms with E-state index in [0.717, 1.165) is 31.4 Å². The summed E-state index contributed by atoms with van der Waals surface area (Å²) in [5.74, 6) is -0.269. The van der Waals surface area contributed by atoms with Crippen LogP contribution in [0.15, 0.2) is 12.3 Å². The van der Waals surface area contributed by atoms with Crippen molar-refractivity contribution < 1.29 is 18.7 Å². The molecule has 0 aliphatic heterocycles. The molecule has 3 heterocycles. The zero-order valence-corrected chi connectivity index (χ0v) is 16.7. The van der Waals surface area contributed by atoms with E-state index in [0.29, 0.717) is 28.3 Å². The minimum absolute atomic E-state index is 0.0127. The molecule has 3 aromatic heterocycles. The third kappa shape index (κ3) is 3.70. The number of fused-ring (bicyclic) bond motifs is 3. The third-order valence-corrected chi connectivity index (χ3v) is 6.52. The number of nitrogens with one attached hydrogen (secondary N) is 1. The predicted octanol–water partition coefficient (Wildman–Crippen LogP) is 3.66. The van der Waals surface area contributed by atoms with E-state index in [1.807, 2.05) is 0 Å². The number of H-pyrrole nitrogens is 1. The lowest BCUT2D eigenvalue weighted by Crippen LogP contribution is -2.19. The predicted molar refractivity (Wildman–Crippen MR) is 108 cm³/mol. The van der Waals surface area contributed by atoms with Crippen LogP contribution in [0, 0.1) is 29.4 Å². The molecule has 3 aliphatic rings. The number of halogens is 2. The molecule has 0 spiro atoms. The van der Waals surface area contributed by atoms with Gasteiger partial charge in [0.2, 0.25) is 0 Å². The van der Waals surface area contributed by atoms with E-state index < -0.39 is 17.6 Å². The van der Waals surface area contributed by atoms with Gasteiger partial charge in [-0.3, -0.25) is 9.89 Å². The maximum absolute atomic E-state index is 13.9. The van der Waals surface area contributed by atoms with Crippen LogP contribution in [0.1, 0.15) is 50.1 Å². The van der Waals surface area contributed by atoms with Gasteiger partial charge in [-0.2, -0.15) is 5.10 Å². The second-order valence-corrected chi connectivity index (χ2v) is 8.65. The van der Waals surface area contributed by atoms with Crippen molar-refractivity contribution in [3.05, 3.63) is 29.6 Å². The zero-order chi connectivity index (χ0) is 21.7. The van der Waals surface area contributed by atoms with Crippen molar-refractivity contribution in [3.63, 3.8) is 0 Å². The maximum Gasteiger partial charge on any atom is 0.306 e. The van der Waals surface area contributed by atoms with Crippen molar-refractivity contribution in [3.8, 4) is 11.5 Å². The Hall–Kier alpha value is -3.17. The molecular weight excluding hydrogens is 406 g/mol. The molecule has 3 aromatic rings. The van der Waals surface area contributed by atoms with Gasteiger partial charge in [0, 0.05) is 5.92 Å². The van der Waals surface area contributed by atoms with Gasteiger partial charge >= 0.3 is 5.97 Å². The van der Waals surface area contributed by atoms with Gasteiger partial charge in [-0.1, -0.05) is 6.42 Å². The summed E-state index contributed by atoms with van der Waals surface area (Å²) >= 11 is 0. The van der Waals surface area contributed by atoms with Crippen molar-refractivity contribution in [2.45, 2.75) is 44.4 Å². The molecule has 3 saturated carbocycles. The number of rotatable bonds is 3. The molecule has 3 fully saturated rings. The molecule has 6 rings (SSSR count). The minimum Gasteiger partial charge on any atom is -0.481 e. The molecule has 8 nitrogen and oxygen atoms in total. The lowest BCUT2D eigenvalue weighted by Gasteiger charge is -2.16. The number of anilines is 1. The Morgan fingerprint density at radius 3 is 2.58 bits per heavy atom. The highest BCUT2D eigenvalue weighted by Crippen LogP contribution is 2.48. The standard InChI is InChI=1S/C13H10F2N6.C8H12O2/c14-6-3-7-10(20-21-12(7)17-4-6)13-18-9(5-1-2-5)8(15)11(16)19-13;9-8(10)7-4-5-1-2-6(7)3-5/h3-5H,1-2H2,(H2,16,18,19)(H,17,20,21);5-7H,1-4H2,(H,9,10). The molecule has 0 radical (unpaired) electrons. The number of carboxylic acids is 1. The van der Waals surface area contributed by atoms with Crippen LogP contribution in [-0.4, -0.2) is 36.2 Å². The van der Waals surface area contributed by atoms with Crippen molar-refractivity contribution >= 4 is 22.8 Å². The van der Waals surface area contributed by atoms with Crippen LogP contribution in [0.3, 0.4) is 0 Å². The van der Waals surface area contributed by atoms with Crippen LogP contribution in [0.4, 0.5) is 14.6 Å². The van der Waals surface area contributed by atoms with E-state index in [1.165, 1.54) is 25.3 Å². The Balaban J connectivity index is 0.000000171. The lowest BCUT2D eigenvalue weighted by molar-refractivity contribution is -0.143. The van der Waals surface area contributed by atoms with Crippen LogP contribution >= 0.6 is 0 Å². The quantitative estimate of drug-likeness (QED) is 0.580. The second-order valence-electron chi connectivity index (χ2n) is 8.65. The molecule has 3 unspecified atom stereocenters. The molecule has 3 aliphatic carbocycles. The van der Waals surface area contributed by atoms with Gasteiger partial charge in [0.1, 0.15) is 11.5 Å². The summed E-state index contributed by atoms with van der Waals surface area (Å²) in [5, 5.41) is 15.8. The Labute approximate surface area is 176 Å². The summed E-state index contributed by atoms with van der Waals surface area (Å²) in [6.07, 6.45) is 7.44. The van der Waals surface area contributed by atoms with Gasteiger partial charge in [0.05, 0.1) is 23.2 Å². The Morgan fingerprint density at radius 1 is 1.16 bits per heavy atom. The monoisotopic (exact) mass is 428 g/mol.